The number of hydrogen-bond donors (Lipinski definition) is 0. The van der Waals surface area contributed by atoms with Crippen molar-refractivity contribution in [3.8, 4) is 0 Å². The Kier molecular flexibility index (Phi) is 5.65. The van der Waals surface area contributed by atoms with Crippen molar-refractivity contribution in [1.82, 2.24) is 0 Å². The smallest absolute Gasteiger partial charge is 0.403 e. The fraction of sp³-hybridized carbons (Fsp3) is 0.571. The van der Waals surface area contributed by atoms with Gasteiger partial charge in [0.2, 0.25) is 0 Å². The van der Waals surface area contributed by atoms with Crippen LogP contribution in [0.4, 0.5) is 0 Å². The molecule has 0 radical (unpaired) electrons. The van der Waals surface area contributed by atoms with E-state index in [-0.39, 0.29) is 22.4 Å². The number of carbonyl (C=O) groups is 1. The Balaban J connectivity index is 2.24. The Morgan fingerprint density at radius 3 is 2.04 bits per heavy atom. The van der Waals surface area contributed by atoms with Crippen molar-refractivity contribution in [3.05, 3.63) is 41.5 Å². The molecule has 1 fully saturated rings. The molecule has 3 nitrogen and oxygen atoms in total. The average Bonchev–Trinajstić information content (AvgIpc) is 2.65. The van der Waals surface area contributed by atoms with E-state index in [0.717, 1.165) is 11.1 Å². The zero-order valence-electron chi connectivity index (χ0n) is 16.7. The molecule has 0 amide bonds. The van der Waals surface area contributed by atoms with E-state index in [1.807, 2.05) is 64.1 Å². The van der Waals surface area contributed by atoms with Crippen LogP contribution in [0.15, 0.2) is 35.9 Å². The number of carbonyl (C=O) groups excluding carboxylic acids is 1. The third kappa shape index (κ3) is 5.29. The molecule has 1 aromatic carbocycles. The minimum atomic E-state index is -0.399. The lowest BCUT2D eigenvalue weighted by molar-refractivity contribution is -0.117. The first-order valence-electron chi connectivity index (χ1n) is 9.04. The van der Waals surface area contributed by atoms with Crippen molar-refractivity contribution in [2.24, 2.45) is 5.41 Å². The summed E-state index contributed by atoms with van der Waals surface area (Å²) in [5.41, 5.74) is 0.962. The van der Waals surface area contributed by atoms with Crippen LogP contribution in [-0.4, -0.2) is 24.1 Å². The van der Waals surface area contributed by atoms with Crippen LogP contribution in [0.3, 0.4) is 0 Å². The van der Waals surface area contributed by atoms with Gasteiger partial charge < -0.3 is 9.31 Å². The summed E-state index contributed by atoms with van der Waals surface area (Å²) in [6.45, 7) is 14.4. The zero-order valence-corrected chi connectivity index (χ0v) is 16.7. The largest absolute Gasteiger partial charge is 0.462 e. The van der Waals surface area contributed by atoms with Crippen molar-refractivity contribution in [3.63, 3.8) is 0 Å². The number of allylic oxidation sites excluding steroid dienone is 1. The van der Waals surface area contributed by atoms with Crippen LogP contribution in [0.25, 0.3) is 6.08 Å². The lowest BCUT2D eigenvalue weighted by Gasteiger charge is -2.32. The van der Waals surface area contributed by atoms with Crippen LogP contribution in [0.1, 0.15) is 60.5 Å². The molecule has 2 rings (SSSR count). The zero-order chi connectivity index (χ0) is 18.9. The minimum absolute atomic E-state index is 0.0528. The second-order valence-corrected chi connectivity index (χ2v) is 9.13. The number of rotatable bonds is 5. The highest BCUT2D eigenvalue weighted by Gasteiger charge is 2.51. The normalized spacial score (nSPS) is 20.0. The van der Waals surface area contributed by atoms with Gasteiger partial charge >= 0.3 is 7.12 Å². The lowest BCUT2D eigenvalue weighted by Crippen LogP contribution is -2.41. The molecule has 0 spiro atoms. The van der Waals surface area contributed by atoms with E-state index < -0.39 is 7.12 Å². The molecule has 0 unspecified atom stereocenters. The quantitative estimate of drug-likeness (QED) is 0.547. The molecule has 1 aromatic rings. The summed E-state index contributed by atoms with van der Waals surface area (Å²) in [6.07, 6.45) is 2.95. The van der Waals surface area contributed by atoms with E-state index >= 15 is 0 Å². The Bertz CT molecular complexity index is 623. The van der Waals surface area contributed by atoms with Crippen LogP contribution in [0.5, 0.6) is 0 Å². The Labute approximate surface area is 152 Å². The first-order chi connectivity index (χ1) is 11.4. The lowest BCUT2D eigenvalue weighted by atomic mass is 9.76. The van der Waals surface area contributed by atoms with Gasteiger partial charge in [0.15, 0.2) is 5.78 Å². The molecule has 1 aliphatic heterocycles. The van der Waals surface area contributed by atoms with Gasteiger partial charge in [-0.3, -0.25) is 4.79 Å². The van der Waals surface area contributed by atoms with Crippen LogP contribution < -0.4 is 0 Å². The van der Waals surface area contributed by atoms with Crippen LogP contribution in [0.2, 0.25) is 6.32 Å². The minimum Gasteiger partial charge on any atom is -0.403 e. The van der Waals surface area contributed by atoms with E-state index in [2.05, 4.69) is 20.8 Å². The van der Waals surface area contributed by atoms with Gasteiger partial charge in [0.05, 0.1) is 11.2 Å². The molecule has 0 N–H and O–H groups in total. The average molecular weight is 342 g/mol. The molecule has 0 aromatic heterocycles. The molecule has 0 saturated carbocycles. The van der Waals surface area contributed by atoms with Crippen molar-refractivity contribution >= 4 is 19.0 Å². The van der Waals surface area contributed by atoms with E-state index in [1.165, 1.54) is 0 Å². The summed E-state index contributed by atoms with van der Waals surface area (Å²) < 4.78 is 12.2. The molecule has 1 saturated heterocycles. The second-order valence-electron chi connectivity index (χ2n) is 9.13. The van der Waals surface area contributed by atoms with Gasteiger partial charge in [-0.25, -0.2) is 0 Å². The van der Waals surface area contributed by atoms with E-state index in [9.17, 15) is 4.79 Å². The molecule has 1 heterocycles. The predicted molar refractivity (Wildman–Crippen MR) is 104 cm³/mol. The van der Waals surface area contributed by atoms with Gasteiger partial charge in [0.1, 0.15) is 0 Å². The third-order valence-electron chi connectivity index (χ3n) is 4.88. The molecule has 25 heavy (non-hydrogen) atoms. The Morgan fingerprint density at radius 2 is 1.56 bits per heavy atom. The summed E-state index contributed by atoms with van der Waals surface area (Å²) in [5, 5.41) is 0. The third-order valence-corrected chi connectivity index (χ3v) is 4.88. The number of hydrogen-bond acceptors (Lipinski definition) is 3. The maximum Gasteiger partial charge on any atom is 0.462 e. The van der Waals surface area contributed by atoms with Crippen molar-refractivity contribution in [1.29, 1.82) is 0 Å². The molecule has 0 atom stereocenters. The molecular formula is C21H31BO3. The SMILES string of the molecule is CC(C)(C)CC(=O)/C(=C/c1ccccc1)CB1OC(C)(C)C(C)(C)O1. The molecule has 0 aliphatic carbocycles. The predicted octanol–water partition coefficient (Wildman–Crippen LogP) is 5.17. The number of Topliss-reactive ketones (excluding diaryl/α,β-unsaturated/α-hetero) is 1. The molecule has 136 valence electrons. The monoisotopic (exact) mass is 342 g/mol. The van der Waals surface area contributed by atoms with Gasteiger partial charge in [-0.2, -0.15) is 0 Å². The summed E-state index contributed by atoms with van der Waals surface area (Å²) in [5.74, 6) is 0.158. The fourth-order valence-corrected chi connectivity index (χ4v) is 2.83. The van der Waals surface area contributed by atoms with Crippen molar-refractivity contribution in [2.75, 3.05) is 0 Å². The van der Waals surface area contributed by atoms with Gasteiger partial charge in [-0.15, -0.1) is 0 Å². The molecule has 0 bridgehead atoms. The first-order valence-corrected chi connectivity index (χ1v) is 9.04. The first kappa shape index (κ1) is 19.9. The maximum atomic E-state index is 12.9. The fourth-order valence-electron chi connectivity index (χ4n) is 2.83. The van der Waals surface area contributed by atoms with Crippen LogP contribution in [-0.2, 0) is 14.1 Å². The number of ketones is 1. The highest BCUT2D eigenvalue weighted by atomic mass is 16.7. The van der Waals surface area contributed by atoms with Gasteiger partial charge in [-0.05, 0) is 50.3 Å². The van der Waals surface area contributed by atoms with Crippen molar-refractivity contribution in [2.45, 2.75) is 72.4 Å². The van der Waals surface area contributed by atoms with E-state index in [1.54, 1.807) is 0 Å². The Hall–Kier alpha value is -1.39. The van der Waals surface area contributed by atoms with E-state index in [0.29, 0.717) is 12.7 Å². The summed E-state index contributed by atoms with van der Waals surface area (Å²) in [4.78, 5) is 12.9. The van der Waals surface area contributed by atoms with Gasteiger partial charge in [0, 0.05) is 12.7 Å². The molecule has 4 heteroatoms. The van der Waals surface area contributed by atoms with Crippen molar-refractivity contribution < 1.29 is 14.1 Å². The van der Waals surface area contributed by atoms with Crippen LogP contribution >= 0.6 is 0 Å². The van der Waals surface area contributed by atoms with Gasteiger partial charge in [0.25, 0.3) is 0 Å². The molecule has 1 aliphatic rings. The van der Waals surface area contributed by atoms with E-state index in [4.69, 9.17) is 9.31 Å². The summed E-state index contributed by atoms with van der Waals surface area (Å²) in [7, 11) is -0.399. The highest BCUT2D eigenvalue weighted by Crippen LogP contribution is 2.39. The molecular weight excluding hydrogens is 311 g/mol. The Morgan fingerprint density at radius 1 is 1.04 bits per heavy atom. The standard InChI is InChI=1S/C21H31BO3/c1-19(2,3)14-18(23)17(13-16-11-9-8-10-12-16)15-22-24-20(4,5)21(6,7)25-22/h8-13H,14-15H2,1-7H3/b17-13+. The highest BCUT2D eigenvalue weighted by molar-refractivity contribution is 6.47. The summed E-state index contributed by atoms with van der Waals surface area (Å²) >= 11 is 0. The van der Waals surface area contributed by atoms with Crippen LogP contribution in [0, 0.1) is 5.41 Å². The second kappa shape index (κ2) is 7.09. The maximum absolute atomic E-state index is 12.9. The number of benzene rings is 1. The topological polar surface area (TPSA) is 35.5 Å². The summed E-state index contributed by atoms with van der Waals surface area (Å²) in [6, 6.07) is 9.95. The van der Waals surface area contributed by atoms with Gasteiger partial charge in [-0.1, -0.05) is 51.1 Å².